The summed E-state index contributed by atoms with van der Waals surface area (Å²) >= 11 is 0. The number of carbonyl (C=O) groups excluding carboxylic acids is 1. The third-order valence-electron chi connectivity index (χ3n) is 4.56. The lowest BCUT2D eigenvalue weighted by Crippen LogP contribution is -2.40. The van der Waals surface area contributed by atoms with E-state index in [2.05, 4.69) is 33.5 Å². The minimum absolute atomic E-state index is 0.0441. The Balaban J connectivity index is 1.71. The summed E-state index contributed by atoms with van der Waals surface area (Å²) in [4.78, 5) is 25.3. The van der Waals surface area contributed by atoms with E-state index in [1.165, 1.54) is 6.39 Å². The van der Waals surface area contributed by atoms with Gasteiger partial charge in [-0.05, 0) is 33.9 Å². The summed E-state index contributed by atoms with van der Waals surface area (Å²) in [6, 6.07) is 0. The molecule has 1 fully saturated rings. The summed E-state index contributed by atoms with van der Waals surface area (Å²) in [6.45, 7) is 5.10. The summed E-state index contributed by atoms with van der Waals surface area (Å²) in [5.41, 5.74) is 0.423. The van der Waals surface area contributed by atoms with Crippen LogP contribution in [-0.4, -0.2) is 64.0 Å². The average molecular weight is 331 g/mol. The number of aromatic nitrogens is 3. The van der Waals surface area contributed by atoms with Gasteiger partial charge in [0.05, 0.1) is 0 Å². The molecule has 1 aliphatic rings. The van der Waals surface area contributed by atoms with Crippen molar-refractivity contribution in [2.75, 3.05) is 33.7 Å². The Bertz CT molecular complexity index is 691. The highest BCUT2D eigenvalue weighted by Crippen LogP contribution is 2.27. The Hall–Kier alpha value is -2.15. The number of likely N-dealkylation sites (N-methyl/N-ethyl adjacent to an activating group) is 1. The van der Waals surface area contributed by atoms with Crippen LogP contribution in [0, 0.1) is 6.92 Å². The van der Waals surface area contributed by atoms with Crippen LogP contribution in [0.25, 0.3) is 0 Å². The van der Waals surface area contributed by atoms with E-state index in [9.17, 15) is 4.79 Å². The van der Waals surface area contributed by atoms with Crippen molar-refractivity contribution in [1.82, 2.24) is 24.3 Å². The average Bonchev–Trinajstić information content (AvgIpc) is 3.21. The number of piperidine rings is 1. The Morgan fingerprint density at radius 3 is 2.96 bits per heavy atom. The SMILES string of the molecule is Cc1ocnc1C(=O)N1CCC[C@@H](c2nccn2CCN(C)C)C1. The van der Waals surface area contributed by atoms with Crippen LogP contribution in [0.1, 0.15) is 40.8 Å². The molecule has 1 aliphatic heterocycles. The van der Waals surface area contributed by atoms with Crippen LogP contribution in [-0.2, 0) is 6.54 Å². The van der Waals surface area contributed by atoms with Crippen LogP contribution in [0.3, 0.4) is 0 Å². The number of hydrogen-bond donors (Lipinski definition) is 0. The van der Waals surface area contributed by atoms with Crippen molar-refractivity contribution in [3.8, 4) is 0 Å². The molecule has 2 aromatic rings. The van der Waals surface area contributed by atoms with Gasteiger partial charge in [-0.1, -0.05) is 0 Å². The molecule has 0 saturated carbocycles. The molecule has 3 heterocycles. The Morgan fingerprint density at radius 1 is 1.42 bits per heavy atom. The third kappa shape index (κ3) is 3.51. The zero-order valence-electron chi connectivity index (χ0n) is 14.6. The Labute approximate surface area is 142 Å². The summed E-state index contributed by atoms with van der Waals surface area (Å²) in [7, 11) is 4.13. The van der Waals surface area contributed by atoms with Crippen LogP contribution >= 0.6 is 0 Å². The first-order valence-corrected chi connectivity index (χ1v) is 8.41. The molecule has 0 N–H and O–H groups in total. The molecule has 3 rings (SSSR count). The molecule has 0 unspecified atom stereocenters. The first kappa shape index (κ1) is 16.7. The lowest BCUT2D eigenvalue weighted by Gasteiger charge is -2.32. The smallest absolute Gasteiger partial charge is 0.276 e. The van der Waals surface area contributed by atoms with Gasteiger partial charge in [0.2, 0.25) is 0 Å². The summed E-state index contributed by atoms with van der Waals surface area (Å²) < 4.78 is 7.38. The molecule has 1 atom stereocenters. The van der Waals surface area contributed by atoms with Crippen molar-refractivity contribution < 1.29 is 9.21 Å². The standard InChI is InChI=1S/C17H25N5O2/c1-13-15(19-12-24-13)17(23)22-7-4-5-14(11-22)16-18-6-8-21(16)10-9-20(2)3/h6,8,12,14H,4-5,7,9-11H2,1-3H3/t14-/m1/s1. The molecule has 1 amide bonds. The van der Waals surface area contributed by atoms with Gasteiger partial charge >= 0.3 is 0 Å². The summed E-state index contributed by atoms with van der Waals surface area (Å²) in [5.74, 6) is 1.88. The van der Waals surface area contributed by atoms with Crippen LogP contribution in [0.15, 0.2) is 23.2 Å². The first-order chi connectivity index (χ1) is 11.6. The molecule has 2 aromatic heterocycles. The van der Waals surface area contributed by atoms with Crippen LogP contribution in [0.4, 0.5) is 0 Å². The maximum atomic E-state index is 12.7. The lowest BCUT2D eigenvalue weighted by molar-refractivity contribution is 0.0696. The number of likely N-dealkylation sites (tertiary alicyclic amines) is 1. The van der Waals surface area contributed by atoms with E-state index in [-0.39, 0.29) is 11.8 Å². The Kier molecular flexibility index (Phi) is 4.99. The molecule has 0 spiro atoms. The van der Waals surface area contributed by atoms with Crippen molar-refractivity contribution >= 4 is 5.91 Å². The van der Waals surface area contributed by atoms with Crippen LogP contribution in [0.2, 0.25) is 0 Å². The van der Waals surface area contributed by atoms with Crippen LogP contribution < -0.4 is 0 Å². The third-order valence-corrected chi connectivity index (χ3v) is 4.56. The molecular weight excluding hydrogens is 306 g/mol. The number of nitrogens with zero attached hydrogens (tertiary/aromatic N) is 5. The van der Waals surface area contributed by atoms with E-state index < -0.39 is 0 Å². The molecule has 24 heavy (non-hydrogen) atoms. The van der Waals surface area contributed by atoms with Gasteiger partial charge in [-0.2, -0.15) is 0 Å². The second-order valence-electron chi connectivity index (χ2n) is 6.63. The van der Waals surface area contributed by atoms with Crippen molar-refractivity contribution in [3.63, 3.8) is 0 Å². The van der Waals surface area contributed by atoms with E-state index in [1.807, 2.05) is 17.3 Å². The van der Waals surface area contributed by atoms with E-state index in [1.54, 1.807) is 6.92 Å². The van der Waals surface area contributed by atoms with Gasteiger partial charge in [-0.25, -0.2) is 9.97 Å². The number of carbonyl (C=O) groups is 1. The number of aryl methyl sites for hydroxylation is 1. The molecule has 0 radical (unpaired) electrons. The normalized spacial score (nSPS) is 18.3. The second-order valence-corrected chi connectivity index (χ2v) is 6.63. The summed E-state index contributed by atoms with van der Waals surface area (Å²) in [6.07, 6.45) is 7.25. The van der Waals surface area contributed by atoms with Gasteiger partial charge in [-0.3, -0.25) is 4.79 Å². The first-order valence-electron chi connectivity index (χ1n) is 8.41. The largest absolute Gasteiger partial charge is 0.448 e. The van der Waals surface area contributed by atoms with Crippen molar-refractivity contribution in [2.24, 2.45) is 0 Å². The molecule has 1 saturated heterocycles. The molecule has 0 aromatic carbocycles. The van der Waals surface area contributed by atoms with E-state index in [0.717, 1.165) is 38.3 Å². The summed E-state index contributed by atoms with van der Waals surface area (Å²) in [5, 5.41) is 0. The molecular formula is C17H25N5O2. The highest BCUT2D eigenvalue weighted by molar-refractivity contribution is 5.93. The minimum atomic E-state index is -0.0441. The number of hydrogen-bond acceptors (Lipinski definition) is 5. The monoisotopic (exact) mass is 331 g/mol. The fourth-order valence-electron chi connectivity index (χ4n) is 3.21. The number of rotatable bonds is 5. The number of amides is 1. The van der Waals surface area contributed by atoms with Gasteiger partial charge in [-0.15, -0.1) is 0 Å². The second kappa shape index (κ2) is 7.17. The molecule has 130 valence electrons. The van der Waals surface area contributed by atoms with Crippen LogP contribution in [0.5, 0.6) is 0 Å². The van der Waals surface area contributed by atoms with Gasteiger partial charge in [0.25, 0.3) is 5.91 Å². The number of oxazole rings is 1. The quantitative estimate of drug-likeness (QED) is 0.835. The predicted octanol–water partition coefficient (Wildman–Crippen LogP) is 1.76. The van der Waals surface area contributed by atoms with E-state index in [0.29, 0.717) is 18.0 Å². The van der Waals surface area contributed by atoms with Gasteiger partial charge in [0.15, 0.2) is 12.1 Å². The minimum Gasteiger partial charge on any atom is -0.448 e. The molecule has 7 heteroatoms. The zero-order chi connectivity index (χ0) is 17.1. The van der Waals surface area contributed by atoms with Gasteiger partial charge in [0, 0.05) is 44.5 Å². The molecule has 0 bridgehead atoms. The van der Waals surface area contributed by atoms with Crippen molar-refractivity contribution in [3.05, 3.63) is 36.1 Å². The maximum absolute atomic E-state index is 12.7. The topological polar surface area (TPSA) is 67.4 Å². The predicted molar refractivity (Wildman–Crippen MR) is 89.9 cm³/mol. The highest BCUT2D eigenvalue weighted by atomic mass is 16.3. The fraction of sp³-hybridized carbons (Fsp3) is 0.588. The fourth-order valence-corrected chi connectivity index (χ4v) is 3.21. The zero-order valence-corrected chi connectivity index (χ0v) is 14.6. The molecule has 0 aliphatic carbocycles. The maximum Gasteiger partial charge on any atom is 0.276 e. The van der Waals surface area contributed by atoms with E-state index in [4.69, 9.17) is 4.42 Å². The number of imidazole rings is 1. The Morgan fingerprint density at radius 2 is 2.25 bits per heavy atom. The highest BCUT2D eigenvalue weighted by Gasteiger charge is 2.29. The molecule has 7 nitrogen and oxygen atoms in total. The lowest BCUT2D eigenvalue weighted by atomic mass is 9.96. The van der Waals surface area contributed by atoms with Gasteiger partial charge < -0.3 is 18.8 Å². The van der Waals surface area contributed by atoms with Crippen molar-refractivity contribution in [2.45, 2.75) is 32.2 Å². The van der Waals surface area contributed by atoms with E-state index >= 15 is 0 Å². The van der Waals surface area contributed by atoms with Gasteiger partial charge in [0.1, 0.15) is 11.6 Å². The van der Waals surface area contributed by atoms with Crippen molar-refractivity contribution in [1.29, 1.82) is 0 Å².